The van der Waals surface area contributed by atoms with Gasteiger partial charge in [-0.3, -0.25) is 0 Å². The number of nitrogens with one attached hydrogen (secondary N) is 1. The number of nitrogens with zero attached hydrogens (tertiary/aromatic N) is 3. The number of aliphatic imine (C=N–C) groups is 2. The van der Waals surface area contributed by atoms with Crippen LogP contribution in [0.4, 0.5) is 14.5 Å². The molecule has 3 aromatic rings. The van der Waals surface area contributed by atoms with Crippen molar-refractivity contribution in [1.29, 1.82) is 0 Å². The summed E-state index contributed by atoms with van der Waals surface area (Å²) in [5.74, 6) is -1.10. The number of halogens is 2. The minimum atomic E-state index is -0.823. The third kappa shape index (κ3) is 5.02. The molecule has 6 rings (SSSR count). The number of fused-ring (bicyclic) bond motifs is 3. The summed E-state index contributed by atoms with van der Waals surface area (Å²) in [7, 11) is 0. The van der Waals surface area contributed by atoms with Crippen LogP contribution in [-0.2, 0) is 6.42 Å². The van der Waals surface area contributed by atoms with Crippen LogP contribution in [0.1, 0.15) is 66.8 Å². The van der Waals surface area contributed by atoms with Gasteiger partial charge < -0.3 is 10.2 Å². The van der Waals surface area contributed by atoms with Crippen LogP contribution in [0, 0.1) is 17.0 Å². The van der Waals surface area contributed by atoms with Crippen LogP contribution < -0.4 is 5.32 Å². The molecule has 38 heavy (non-hydrogen) atoms. The monoisotopic (exact) mass is 512 g/mol. The van der Waals surface area contributed by atoms with Gasteiger partial charge in [0.25, 0.3) is 0 Å². The summed E-state index contributed by atoms with van der Waals surface area (Å²) in [4.78, 5) is 12.3. The lowest BCUT2D eigenvalue weighted by Gasteiger charge is -2.43. The molecule has 1 aliphatic carbocycles. The Hall–Kier alpha value is -3.38. The van der Waals surface area contributed by atoms with Crippen LogP contribution >= 0.6 is 0 Å². The number of piperidine rings is 1. The summed E-state index contributed by atoms with van der Waals surface area (Å²) >= 11 is 0. The first-order chi connectivity index (χ1) is 18.5. The van der Waals surface area contributed by atoms with Crippen molar-refractivity contribution >= 4 is 17.9 Å². The number of benzene rings is 3. The Labute approximate surface area is 223 Å². The molecule has 2 heterocycles. The molecule has 0 spiro atoms. The molecule has 0 saturated carbocycles. The zero-order valence-electron chi connectivity index (χ0n) is 21.8. The number of anilines is 1. The predicted molar refractivity (Wildman–Crippen MR) is 150 cm³/mol. The maximum atomic E-state index is 14.1. The number of hydrogen-bond donors (Lipinski definition) is 1. The second kappa shape index (κ2) is 10.4. The SMILES string of the molecule is CC12C=NC(Nc3ccc(CCN4CCCCC4)cc3)=NC1c1ccccc1C(c1ccc(F)c(F)c1)C2. The van der Waals surface area contributed by atoms with Crippen LogP contribution in [0.2, 0.25) is 0 Å². The molecule has 3 aromatic carbocycles. The van der Waals surface area contributed by atoms with Crippen molar-refractivity contribution in [3.05, 3.63) is 101 Å². The fourth-order valence-electron chi connectivity index (χ4n) is 6.24. The normalized spacial score (nSPS) is 24.9. The molecule has 0 bridgehead atoms. The molecule has 3 aliphatic rings. The molecule has 1 fully saturated rings. The van der Waals surface area contributed by atoms with Crippen molar-refractivity contribution in [2.75, 3.05) is 25.0 Å². The first-order valence-electron chi connectivity index (χ1n) is 13.7. The second-order valence-electron chi connectivity index (χ2n) is 11.2. The van der Waals surface area contributed by atoms with Gasteiger partial charge in [0.15, 0.2) is 11.6 Å². The van der Waals surface area contributed by atoms with Crippen molar-refractivity contribution in [2.45, 2.75) is 51.0 Å². The molecule has 1 saturated heterocycles. The van der Waals surface area contributed by atoms with Crippen molar-refractivity contribution in [2.24, 2.45) is 15.4 Å². The van der Waals surface area contributed by atoms with Gasteiger partial charge in [-0.1, -0.05) is 55.8 Å². The van der Waals surface area contributed by atoms with Gasteiger partial charge in [0.1, 0.15) is 0 Å². The van der Waals surface area contributed by atoms with Crippen LogP contribution in [0.25, 0.3) is 0 Å². The molecule has 0 radical (unpaired) electrons. The highest BCUT2D eigenvalue weighted by atomic mass is 19.2. The average Bonchev–Trinajstić information content (AvgIpc) is 2.95. The fourth-order valence-corrected chi connectivity index (χ4v) is 6.24. The minimum absolute atomic E-state index is 0.0591. The Kier molecular flexibility index (Phi) is 6.83. The van der Waals surface area contributed by atoms with E-state index < -0.39 is 11.6 Å². The number of rotatable bonds is 5. The van der Waals surface area contributed by atoms with Gasteiger partial charge in [0, 0.05) is 29.8 Å². The molecule has 3 unspecified atom stereocenters. The van der Waals surface area contributed by atoms with Crippen molar-refractivity contribution < 1.29 is 8.78 Å². The van der Waals surface area contributed by atoms with Gasteiger partial charge in [0.05, 0.1) is 6.04 Å². The molecule has 0 amide bonds. The van der Waals surface area contributed by atoms with Gasteiger partial charge >= 0.3 is 0 Å². The van der Waals surface area contributed by atoms with Crippen LogP contribution in [0.3, 0.4) is 0 Å². The van der Waals surface area contributed by atoms with Crippen molar-refractivity contribution in [3.8, 4) is 0 Å². The zero-order valence-corrected chi connectivity index (χ0v) is 21.8. The zero-order chi connectivity index (χ0) is 26.1. The molecule has 2 aliphatic heterocycles. The largest absolute Gasteiger partial charge is 0.324 e. The highest BCUT2D eigenvalue weighted by Gasteiger charge is 2.45. The topological polar surface area (TPSA) is 40.0 Å². The Morgan fingerprint density at radius 2 is 1.68 bits per heavy atom. The standard InChI is InChI=1S/C32H34F2N4/c1-32-20-27(23-11-14-28(33)29(34)19-23)25-7-3-4-8-26(25)30(32)37-31(35-21-32)36-24-12-9-22(10-13-24)15-18-38-16-5-2-6-17-38/h3-4,7-14,19,21,27,30H,2,5-6,15-18,20H2,1H3,(H,36,37). The third-order valence-electron chi connectivity index (χ3n) is 8.39. The van der Waals surface area contributed by atoms with Crippen LogP contribution in [0.5, 0.6) is 0 Å². The second-order valence-corrected chi connectivity index (χ2v) is 11.2. The Balaban J connectivity index is 1.20. The average molecular weight is 513 g/mol. The molecule has 6 heteroatoms. The molecule has 0 aromatic heterocycles. The van der Waals surface area contributed by atoms with E-state index in [0.29, 0.717) is 12.4 Å². The Morgan fingerprint density at radius 3 is 2.45 bits per heavy atom. The van der Waals surface area contributed by atoms with Crippen molar-refractivity contribution in [1.82, 2.24) is 4.90 Å². The van der Waals surface area contributed by atoms with Crippen LogP contribution in [0.15, 0.2) is 76.7 Å². The quantitative estimate of drug-likeness (QED) is 0.395. The lowest BCUT2D eigenvalue weighted by Crippen LogP contribution is -2.38. The van der Waals surface area contributed by atoms with E-state index >= 15 is 0 Å². The summed E-state index contributed by atoms with van der Waals surface area (Å²) in [5, 5.41) is 3.40. The Morgan fingerprint density at radius 1 is 0.921 bits per heavy atom. The van der Waals surface area contributed by atoms with Gasteiger partial charge in [-0.25, -0.2) is 18.8 Å². The van der Waals surface area contributed by atoms with Crippen LogP contribution in [-0.4, -0.2) is 36.7 Å². The van der Waals surface area contributed by atoms with E-state index in [1.807, 2.05) is 18.3 Å². The lowest BCUT2D eigenvalue weighted by atomic mass is 9.63. The molecule has 196 valence electrons. The van der Waals surface area contributed by atoms with E-state index in [1.54, 1.807) is 6.07 Å². The molecule has 1 N–H and O–H groups in total. The summed E-state index contributed by atoms with van der Waals surface area (Å²) in [6.07, 6.45) is 7.77. The molecule has 4 nitrogen and oxygen atoms in total. The highest BCUT2D eigenvalue weighted by Crippen LogP contribution is 2.53. The van der Waals surface area contributed by atoms with Gasteiger partial charge in [-0.05, 0) is 85.3 Å². The fraction of sp³-hybridized carbons (Fsp3) is 0.375. The first-order valence-corrected chi connectivity index (χ1v) is 13.7. The van der Waals surface area contributed by atoms with E-state index in [0.717, 1.165) is 35.3 Å². The summed E-state index contributed by atoms with van der Waals surface area (Å²) < 4.78 is 27.8. The van der Waals surface area contributed by atoms with E-state index in [4.69, 9.17) is 9.98 Å². The number of likely N-dealkylation sites (tertiary alicyclic amines) is 1. The molecular formula is C32H34F2N4. The van der Waals surface area contributed by atoms with Gasteiger partial charge in [0.2, 0.25) is 5.96 Å². The minimum Gasteiger partial charge on any atom is -0.324 e. The molecule has 3 atom stereocenters. The number of guanidine groups is 1. The van der Waals surface area contributed by atoms with E-state index in [2.05, 4.69) is 53.5 Å². The maximum absolute atomic E-state index is 14.1. The van der Waals surface area contributed by atoms with Gasteiger partial charge in [-0.2, -0.15) is 0 Å². The smallest absolute Gasteiger partial charge is 0.222 e. The molecular weight excluding hydrogens is 478 g/mol. The van der Waals surface area contributed by atoms with E-state index in [9.17, 15) is 8.78 Å². The van der Waals surface area contributed by atoms with E-state index in [1.165, 1.54) is 50.0 Å². The third-order valence-corrected chi connectivity index (χ3v) is 8.39. The maximum Gasteiger partial charge on any atom is 0.222 e. The number of hydrogen-bond acceptors (Lipinski definition) is 4. The van der Waals surface area contributed by atoms with E-state index in [-0.39, 0.29) is 17.4 Å². The van der Waals surface area contributed by atoms with Gasteiger partial charge in [-0.15, -0.1) is 0 Å². The predicted octanol–water partition coefficient (Wildman–Crippen LogP) is 7.13. The van der Waals surface area contributed by atoms with Crippen molar-refractivity contribution in [3.63, 3.8) is 0 Å². The summed E-state index contributed by atoms with van der Waals surface area (Å²) in [5.41, 5.74) is 4.96. The highest BCUT2D eigenvalue weighted by molar-refractivity contribution is 6.01. The summed E-state index contributed by atoms with van der Waals surface area (Å²) in [6, 6.07) is 20.9. The summed E-state index contributed by atoms with van der Waals surface area (Å²) in [6.45, 7) is 5.72. The Bertz CT molecular complexity index is 1360. The first kappa shape index (κ1) is 24.9. The lowest BCUT2D eigenvalue weighted by molar-refractivity contribution is 0.231.